The van der Waals surface area contributed by atoms with Gasteiger partial charge < -0.3 is 4.74 Å². The van der Waals surface area contributed by atoms with E-state index in [4.69, 9.17) is 4.74 Å². The number of nitrogens with zero attached hydrogens (tertiary/aromatic N) is 2. The molecular formula is C20H25FN2O. The van der Waals surface area contributed by atoms with Gasteiger partial charge in [-0.1, -0.05) is 32.6 Å². The lowest BCUT2D eigenvalue weighted by atomic mass is 9.81. The third-order valence-electron chi connectivity index (χ3n) is 5.12. The number of hydrogen-bond donors (Lipinski definition) is 0. The van der Waals surface area contributed by atoms with Gasteiger partial charge in [-0.2, -0.15) is 10.2 Å². The molecule has 0 N–H and O–H groups in total. The zero-order valence-corrected chi connectivity index (χ0v) is 14.5. The molecule has 2 aromatic rings. The summed E-state index contributed by atoms with van der Waals surface area (Å²) in [5, 5.41) is 8.50. The second-order valence-electron chi connectivity index (χ2n) is 6.92. The van der Waals surface area contributed by atoms with Crippen LogP contribution in [0.5, 0.6) is 5.75 Å². The van der Waals surface area contributed by atoms with Gasteiger partial charge in [0.25, 0.3) is 0 Å². The highest BCUT2D eigenvalue weighted by atomic mass is 19.1. The second kappa shape index (κ2) is 7.73. The smallest absolute Gasteiger partial charge is 0.136 e. The maximum Gasteiger partial charge on any atom is 0.136 e. The highest BCUT2D eigenvalue weighted by molar-refractivity contribution is 5.60. The largest absolute Gasteiger partial charge is 0.497 e. The van der Waals surface area contributed by atoms with E-state index in [-0.39, 0.29) is 5.82 Å². The number of halogens is 1. The van der Waals surface area contributed by atoms with Crippen molar-refractivity contribution in [2.45, 2.75) is 45.4 Å². The first-order valence-electron chi connectivity index (χ1n) is 8.82. The van der Waals surface area contributed by atoms with Crippen LogP contribution in [-0.2, 0) is 6.42 Å². The van der Waals surface area contributed by atoms with Gasteiger partial charge in [-0.25, -0.2) is 4.39 Å². The molecule has 3 rings (SSSR count). The molecule has 1 fully saturated rings. The third kappa shape index (κ3) is 4.11. The summed E-state index contributed by atoms with van der Waals surface area (Å²) in [6.07, 6.45) is 7.51. The first kappa shape index (κ1) is 16.9. The van der Waals surface area contributed by atoms with Crippen LogP contribution in [0.25, 0.3) is 11.3 Å². The Hall–Kier alpha value is -1.97. The zero-order chi connectivity index (χ0) is 16.9. The number of aromatic nitrogens is 2. The third-order valence-corrected chi connectivity index (χ3v) is 5.12. The molecule has 0 atom stereocenters. The standard InChI is InChI=1S/C20H25FN2O/c1-14-3-5-15(6-4-14)7-8-16-9-12-20(23-22-16)18-11-10-17(24-2)13-19(18)21/h9-15H,3-8H2,1-2H3. The maximum atomic E-state index is 14.1. The summed E-state index contributed by atoms with van der Waals surface area (Å²) in [4.78, 5) is 0. The molecule has 1 aromatic carbocycles. The number of rotatable bonds is 5. The van der Waals surface area contributed by atoms with Crippen LogP contribution in [0.15, 0.2) is 30.3 Å². The van der Waals surface area contributed by atoms with Gasteiger partial charge in [0.2, 0.25) is 0 Å². The molecule has 0 radical (unpaired) electrons. The predicted octanol–water partition coefficient (Wildman–Crippen LogP) is 5.05. The van der Waals surface area contributed by atoms with Crippen LogP contribution in [0, 0.1) is 17.7 Å². The Morgan fingerprint density at radius 3 is 2.50 bits per heavy atom. The van der Waals surface area contributed by atoms with Gasteiger partial charge in [0.15, 0.2) is 0 Å². The van der Waals surface area contributed by atoms with E-state index in [9.17, 15) is 4.39 Å². The fourth-order valence-corrected chi connectivity index (χ4v) is 3.44. The minimum Gasteiger partial charge on any atom is -0.497 e. The Morgan fingerprint density at radius 2 is 1.88 bits per heavy atom. The fraction of sp³-hybridized carbons (Fsp3) is 0.500. The molecule has 4 heteroatoms. The molecule has 1 aromatic heterocycles. The second-order valence-corrected chi connectivity index (χ2v) is 6.92. The number of methoxy groups -OCH3 is 1. The summed E-state index contributed by atoms with van der Waals surface area (Å²) in [6.45, 7) is 2.35. The molecular weight excluding hydrogens is 303 g/mol. The molecule has 1 saturated carbocycles. The monoisotopic (exact) mass is 328 g/mol. The van der Waals surface area contributed by atoms with Crippen LogP contribution in [-0.4, -0.2) is 17.3 Å². The van der Waals surface area contributed by atoms with Gasteiger partial charge in [0.05, 0.1) is 18.5 Å². The van der Waals surface area contributed by atoms with E-state index in [1.54, 1.807) is 12.1 Å². The average molecular weight is 328 g/mol. The summed E-state index contributed by atoms with van der Waals surface area (Å²) in [5.41, 5.74) is 2.01. The number of ether oxygens (including phenoxy) is 1. The van der Waals surface area contributed by atoms with E-state index < -0.39 is 0 Å². The molecule has 1 aliphatic carbocycles. The number of benzene rings is 1. The highest BCUT2D eigenvalue weighted by Gasteiger charge is 2.18. The fourth-order valence-electron chi connectivity index (χ4n) is 3.44. The molecule has 1 aliphatic rings. The van der Waals surface area contributed by atoms with Crippen molar-refractivity contribution in [2.24, 2.45) is 11.8 Å². The first-order valence-corrected chi connectivity index (χ1v) is 8.82. The Bertz CT molecular complexity index is 664. The van der Waals surface area contributed by atoms with Gasteiger partial charge in [0, 0.05) is 11.6 Å². The van der Waals surface area contributed by atoms with Crippen LogP contribution < -0.4 is 4.74 Å². The van der Waals surface area contributed by atoms with Gasteiger partial charge in [-0.3, -0.25) is 0 Å². The van der Waals surface area contributed by atoms with Gasteiger partial charge in [0.1, 0.15) is 11.6 Å². The predicted molar refractivity (Wildman–Crippen MR) is 93.4 cm³/mol. The highest BCUT2D eigenvalue weighted by Crippen LogP contribution is 2.31. The van der Waals surface area contributed by atoms with Crippen molar-refractivity contribution in [1.29, 1.82) is 0 Å². The Morgan fingerprint density at radius 1 is 1.08 bits per heavy atom. The lowest BCUT2D eigenvalue weighted by Crippen LogP contribution is -2.13. The molecule has 24 heavy (non-hydrogen) atoms. The molecule has 0 aliphatic heterocycles. The first-order chi connectivity index (χ1) is 11.7. The van der Waals surface area contributed by atoms with E-state index in [0.29, 0.717) is 17.0 Å². The Labute approximate surface area is 143 Å². The number of aryl methyl sites for hydroxylation is 1. The molecule has 0 bridgehead atoms. The Balaban J connectivity index is 1.61. The molecule has 128 valence electrons. The van der Waals surface area contributed by atoms with E-state index >= 15 is 0 Å². The molecule has 1 heterocycles. The minimum atomic E-state index is -0.340. The summed E-state index contributed by atoms with van der Waals surface area (Å²) in [6, 6.07) is 8.61. The minimum absolute atomic E-state index is 0.340. The topological polar surface area (TPSA) is 35.0 Å². The van der Waals surface area contributed by atoms with Crippen molar-refractivity contribution in [1.82, 2.24) is 10.2 Å². The lowest BCUT2D eigenvalue weighted by Gasteiger charge is -2.25. The quantitative estimate of drug-likeness (QED) is 0.770. The van der Waals surface area contributed by atoms with Gasteiger partial charge in [-0.05, 0) is 48.9 Å². The number of hydrogen-bond acceptors (Lipinski definition) is 3. The van der Waals surface area contributed by atoms with E-state index in [1.165, 1.54) is 45.3 Å². The lowest BCUT2D eigenvalue weighted by molar-refractivity contribution is 0.277. The molecule has 0 amide bonds. The molecule has 0 spiro atoms. The normalized spacial score (nSPS) is 20.8. The van der Waals surface area contributed by atoms with Crippen LogP contribution in [0.2, 0.25) is 0 Å². The summed E-state index contributed by atoms with van der Waals surface area (Å²) in [5.74, 6) is 1.87. The van der Waals surface area contributed by atoms with Crippen LogP contribution >= 0.6 is 0 Å². The Kier molecular flexibility index (Phi) is 5.44. The summed E-state index contributed by atoms with van der Waals surface area (Å²) in [7, 11) is 1.52. The van der Waals surface area contributed by atoms with Gasteiger partial charge in [-0.15, -0.1) is 0 Å². The van der Waals surface area contributed by atoms with Crippen molar-refractivity contribution >= 4 is 0 Å². The average Bonchev–Trinajstić information content (AvgIpc) is 2.62. The molecule has 3 nitrogen and oxygen atoms in total. The van der Waals surface area contributed by atoms with Crippen LogP contribution in [0.4, 0.5) is 4.39 Å². The van der Waals surface area contributed by atoms with E-state index in [0.717, 1.165) is 24.0 Å². The molecule has 0 unspecified atom stereocenters. The van der Waals surface area contributed by atoms with E-state index in [1.807, 2.05) is 12.1 Å². The van der Waals surface area contributed by atoms with Crippen molar-refractivity contribution in [2.75, 3.05) is 7.11 Å². The molecule has 0 saturated heterocycles. The zero-order valence-electron chi connectivity index (χ0n) is 14.5. The summed E-state index contributed by atoms with van der Waals surface area (Å²) < 4.78 is 19.1. The van der Waals surface area contributed by atoms with Crippen molar-refractivity contribution < 1.29 is 9.13 Å². The maximum absolute atomic E-state index is 14.1. The van der Waals surface area contributed by atoms with Crippen LogP contribution in [0.3, 0.4) is 0 Å². The van der Waals surface area contributed by atoms with Gasteiger partial charge >= 0.3 is 0 Å². The summed E-state index contributed by atoms with van der Waals surface area (Å²) >= 11 is 0. The van der Waals surface area contributed by atoms with Crippen molar-refractivity contribution in [3.63, 3.8) is 0 Å². The van der Waals surface area contributed by atoms with E-state index in [2.05, 4.69) is 17.1 Å². The SMILES string of the molecule is COc1ccc(-c2ccc(CCC3CCC(C)CC3)nn2)c(F)c1. The van der Waals surface area contributed by atoms with Crippen molar-refractivity contribution in [3.05, 3.63) is 41.8 Å². The van der Waals surface area contributed by atoms with Crippen molar-refractivity contribution in [3.8, 4) is 17.0 Å². The van der Waals surface area contributed by atoms with Crippen LogP contribution in [0.1, 0.15) is 44.7 Å².